The number of para-hydroxylation sites is 1. The van der Waals surface area contributed by atoms with Crippen LogP contribution in [0.25, 0.3) is 0 Å². The molecule has 2 aliphatic rings. The van der Waals surface area contributed by atoms with Gasteiger partial charge in [-0.25, -0.2) is 0 Å². The summed E-state index contributed by atoms with van der Waals surface area (Å²) in [5, 5.41) is 0. The normalized spacial score (nSPS) is 23.5. The number of rotatable bonds is 0. The maximum atomic E-state index is 11.6. The molecule has 0 radical (unpaired) electrons. The highest BCUT2D eigenvalue weighted by Gasteiger charge is 2.35. The lowest BCUT2D eigenvalue weighted by Gasteiger charge is -2.24. The number of ketones is 1. The number of carbonyl (C=O) groups is 1. The third-order valence-electron chi connectivity index (χ3n) is 3.39. The van der Waals surface area contributed by atoms with Crippen molar-refractivity contribution in [3.05, 3.63) is 41.0 Å². The molecule has 3 rings (SSSR count). The van der Waals surface area contributed by atoms with Crippen molar-refractivity contribution in [3.8, 4) is 5.75 Å². The topological polar surface area (TPSA) is 26.3 Å². The summed E-state index contributed by atoms with van der Waals surface area (Å²) in [4.78, 5) is 11.6. The molecule has 15 heavy (non-hydrogen) atoms. The van der Waals surface area contributed by atoms with E-state index in [-0.39, 0.29) is 11.7 Å². The molecular weight excluding hydrogens is 188 g/mol. The average Bonchev–Trinajstić information content (AvgIpc) is 2.56. The molecule has 2 nitrogen and oxygen atoms in total. The Labute approximate surface area is 88.6 Å². The summed E-state index contributed by atoms with van der Waals surface area (Å²) in [6.45, 7) is 2.49. The Balaban J connectivity index is 2.15. The van der Waals surface area contributed by atoms with Gasteiger partial charge in [-0.2, -0.15) is 0 Å². The number of Topliss-reactive ketones (excluding diaryl/α,β-unsaturated/α-hetero) is 1. The van der Waals surface area contributed by atoms with Crippen molar-refractivity contribution < 1.29 is 9.53 Å². The van der Waals surface area contributed by atoms with E-state index in [0.29, 0.717) is 13.0 Å². The molecule has 0 fully saturated rings. The lowest BCUT2D eigenvalue weighted by Crippen LogP contribution is -2.15. The smallest absolute Gasteiger partial charge is 0.159 e. The second-order valence-corrected chi connectivity index (χ2v) is 4.16. The Hall–Kier alpha value is -1.57. The molecule has 1 heterocycles. The van der Waals surface area contributed by atoms with Crippen molar-refractivity contribution in [1.82, 2.24) is 0 Å². The first-order valence-corrected chi connectivity index (χ1v) is 5.22. The Kier molecular flexibility index (Phi) is 1.72. The van der Waals surface area contributed by atoms with E-state index in [4.69, 9.17) is 4.74 Å². The number of fused-ring (bicyclic) bond motifs is 3. The lowest BCUT2D eigenvalue weighted by atomic mass is 9.90. The molecule has 76 valence electrons. The van der Waals surface area contributed by atoms with Crippen LogP contribution in [-0.2, 0) is 4.79 Å². The van der Waals surface area contributed by atoms with E-state index < -0.39 is 0 Å². The van der Waals surface area contributed by atoms with E-state index in [2.05, 4.69) is 6.07 Å². The summed E-state index contributed by atoms with van der Waals surface area (Å²) in [6.07, 6.45) is 0.627. The lowest BCUT2D eigenvalue weighted by molar-refractivity contribution is -0.115. The molecule has 2 heteroatoms. The summed E-state index contributed by atoms with van der Waals surface area (Å²) in [6, 6.07) is 8.01. The monoisotopic (exact) mass is 200 g/mol. The van der Waals surface area contributed by atoms with Gasteiger partial charge < -0.3 is 4.74 Å². The molecule has 1 aliphatic heterocycles. The van der Waals surface area contributed by atoms with E-state index in [1.54, 1.807) is 0 Å². The van der Waals surface area contributed by atoms with Gasteiger partial charge in [0.25, 0.3) is 0 Å². The highest BCUT2D eigenvalue weighted by Crippen LogP contribution is 2.44. The van der Waals surface area contributed by atoms with E-state index >= 15 is 0 Å². The molecule has 1 unspecified atom stereocenters. The fourth-order valence-electron chi connectivity index (χ4n) is 2.46. The summed E-state index contributed by atoms with van der Waals surface area (Å²) >= 11 is 0. The van der Waals surface area contributed by atoms with Crippen LogP contribution in [0, 0.1) is 0 Å². The van der Waals surface area contributed by atoms with Gasteiger partial charge in [-0.3, -0.25) is 4.79 Å². The van der Waals surface area contributed by atoms with Crippen LogP contribution in [0.1, 0.15) is 24.8 Å². The van der Waals surface area contributed by atoms with Crippen LogP contribution >= 0.6 is 0 Å². The predicted molar refractivity (Wildman–Crippen MR) is 57.0 cm³/mol. The second-order valence-electron chi connectivity index (χ2n) is 4.16. The molecule has 0 saturated carbocycles. The fraction of sp³-hybridized carbons (Fsp3) is 0.308. The Bertz CT molecular complexity index is 471. The van der Waals surface area contributed by atoms with Crippen LogP contribution in [0.2, 0.25) is 0 Å². The fourth-order valence-corrected chi connectivity index (χ4v) is 2.46. The Morgan fingerprint density at radius 2 is 2.13 bits per heavy atom. The molecular formula is C13H12O2. The van der Waals surface area contributed by atoms with Gasteiger partial charge in [0.15, 0.2) is 5.78 Å². The number of carbonyl (C=O) groups excluding carboxylic acids is 1. The quantitative estimate of drug-likeness (QED) is 0.643. The first kappa shape index (κ1) is 8.72. The van der Waals surface area contributed by atoms with Gasteiger partial charge in [0.1, 0.15) is 12.4 Å². The molecule has 0 amide bonds. The van der Waals surface area contributed by atoms with Crippen LogP contribution in [0.5, 0.6) is 5.75 Å². The van der Waals surface area contributed by atoms with Gasteiger partial charge in [-0.05, 0) is 24.1 Å². The van der Waals surface area contributed by atoms with Crippen LogP contribution < -0.4 is 4.74 Å². The molecule has 1 atom stereocenters. The minimum absolute atomic E-state index is 0.273. The van der Waals surface area contributed by atoms with Crippen molar-refractivity contribution in [2.45, 2.75) is 19.3 Å². The number of hydrogen-bond donors (Lipinski definition) is 0. The first-order chi connectivity index (χ1) is 7.27. The maximum Gasteiger partial charge on any atom is 0.159 e. The zero-order valence-corrected chi connectivity index (χ0v) is 8.62. The van der Waals surface area contributed by atoms with E-state index in [9.17, 15) is 4.79 Å². The highest BCUT2D eigenvalue weighted by molar-refractivity contribution is 5.99. The summed E-state index contributed by atoms with van der Waals surface area (Å²) < 4.78 is 5.65. The third kappa shape index (κ3) is 1.14. The minimum atomic E-state index is 0.273. The van der Waals surface area contributed by atoms with Crippen molar-refractivity contribution in [1.29, 1.82) is 0 Å². The van der Waals surface area contributed by atoms with Crippen molar-refractivity contribution in [2.24, 2.45) is 0 Å². The molecule has 0 spiro atoms. The van der Waals surface area contributed by atoms with Gasteiger partial charge in [0.05, 0.1) is 0 Å². The Morgan fingerprint density at radius 1 is 1.33 bits per heavy atom. The van der Waals surface area contributed by atoms with E-state index in [1.807, 2.05) is 25.1 Å². The van der Waals surface area contributed by atoms with Gasteiger partial charge in [0.2, 0.25) is 0 Å². The van der Waals surface area contributed by atoms with Crippen LogP contribution in [0.15, 0.2) is 35.4 Å². The molecule has 1 aromatic rings. The van der Waals surface area contributed by atoms with Gasteiger partial charge in [-0.1, -0.05) is 18.2 Å². The third-order valence-corrected chi connectivity index (χ3v) is 3.39. The van der Waals surface area contributed by atoms with Crippen LogP contribution in [-0.4, -0.2) is 12.4 Å². The summed E-state index contributed by atoms with van der Waals surface area (Å²) in [7, 11) is 0. The van der Waals surface area contributed by atoms with E-state index in [1.165, 1.54) is 11.1 Å². The number of hydrogen-bond acceptors (Lipinski definition) is 2. The molecule has 0 saturated heterocycles. The number of ether oxygens (including phenoxy) is 1. The molecule has 0 bridgehead atoms. The zero-order valence-electron chi connectivity index (χ0n) is 8.62. The van der Waals surface area contributed by atoms with Crippen molar-refractivity contribution in [3.63, 3.8) is 0 Å². The van der Waals surface area contributed by atoms with Gasteiger partial charge >= 0.3 is 0 Å². The Morgan fingerprint density at radius 3 is 3.00 bits per heavy atom. The average molecular weight is 200 g/mol. The molecule has 0 aromatic heterocycles. The van der Waals surface area contributed by atoms with Crippen LogP contribution in [0.3, 0.4) is 0 Å². The summed E-state index contributed by atoms with van der Waals surface area (Å²) in [5.74, 6) is 1.49. The van der Waals surface area contributed by atoms with Crippen molar-refractivity contribution in [2.75, 3.05) is 6.61 Å². The zero-order chi connectivity index (χ0) is 10.4. The number of benzene rings is 1. The highest BCUT2D eigenvalue weighted by atomic mass is 16.5. The second kappa shape index (κ2) is 2.96. The van der Waals surface area contributed by atoms with Crippen molar-refractivity contribution >= 4 is 5.78 Å². The first-order valence-electron chi connectivity index (χ1n) is 5.22. The minimum Gasteiger partial charge on any atom is -0.489 e. The molecule has 1 aromatic carbocycles. The standard InChI is InChI=1S/C13H12O2/c1-8-11-7-15-13-5-3-2-4-9(13)10(11)6-12(8)14/h2-5,10H,6-7H2,1H3. The molecule has 1 aliphatic carbocycles. The SMILES string of the molecule is CC1=C2COc3ccccc3C2CC1=O. The summed E-state index contributed by atoms with van der Waals surface area (Å²) in [5.41, 5.74) is 3.26. The van der Waals surface area contributed by atoms with E-state index in [0.717, 1.165) is 11.3 Å². The van der Waals surface area contributed by atoms with Gasteiger partial charge in [0, 0.05) is 17.9 Å². The predicted octanol–water partition coefficient (Wildman–Crippen LogP) is 2.45. The largest absolute Gasteiger partial charge is 0.489 e. The maximum absolute atomic E-state index is 11.6. The van der Waals surface area contributed by atoms with Gasteiger partial charge in [-0.15, -0.1) is 0 Å². The molecule has 0 N–H and O–H groups in total. The van der Waals surface area contributed by atoms with Crippen LogP contribution in [0.4, 0.5) is 0 Å². The number of allylic oxidation sites excluding steroid dienone is 1.